The van der Waals surface area contributed by atoms with Crippen molar-refractivity contribution in [2.75, 3.05) is 52.5 Å². The molecule has 1 aromatic carbocycles. The van der Waals surface area contributed by atoms with E-state index in [1.165, 1.54) is 9.80 Å². The normalized spacial score (nSPS) is 23.8. The van der Waals surface area contributed by atoms with E-state index in [0.29, 0.717) is 6.61 Å². The summed E-state index contributed by atoms with van der Waals surface area (Å²) in [4.78, 5) is 2.89. The number of aliphatic hydroxyl groups is 2. The third-order valence-corrected chi connectivity index (χ3v) is 4.18. The summed E-state index contributed by atoms with van der Waals surface area (Å²) in [5.74, 6) is 0.851. The molecule has 0 bridgehead atoms. The van der Waals surface area contributed by atoms with Gasteiger partial charge >= 0.3 is 0 Å². The summed E-state index contributed by atoms with van der Waals surface area (Å²) in [5, 5.41) is 19.1. The fourth-order valence-corrected chi connectivity index (χ4v) is 2.87. The van der Waals surface area contributed by atoms with Crippen molar-refractivity contribution in [2.45, 2.75) is 13.0 Å². The van der Waals surface area contributed by atoms with E-state index in [2.05, 4.69) is 0 Å². The molecule has 1 fully saturated rings. The number of hydrogen-bond acceptors (Lipinski definition) is 3. The molecule has 1 aliphatic heterocycles. The standard InChI is InChI=1S/C16H26N2O3/c1-14-4-2-3-5-16(14)21-13-15(20)12-18-8-6-17(7-9-18)10-11-19/h2-5,15,19-20H,6-13H2,1H3/p+2/t15-/m1/s1. The van der Waals surface area contributed by atoms with Gasteiger partial charge in [-0.25, -0.2) is 0 Å². The summed E-state index contributed by atoms with van der Waals surface area (Å²) in [7, 11) is 0. The predicted octanol–water partition coefficient (Wildman–Crippen LogP) is -2.49. The first-order valence-electron chi connectivity index (χ1n) is 7.83. The van der Waals surface area contributed by atoms with Crippen LogP contribution in [-0.4, -0.2) is 68.8 Å². The Morgan fingerprint density at radius 3 is 2.48 bits per heavy atom. The van der Waals surface area contributed by atoms with Crippen LogP contribution in [0.2, 0.25) is 0 Å². The van der Waals surface area contributed by atoms with Gasteiger partial charge in [0, 0.05) is 0 Å². The number of hydrogen-bond donors (Lipinski definition) is 4. The molecule has 5 nitrogen and oxygen atoms in total. The van der Waals surface area contributed by atoms with Crippen LogP contribution in [0, 0.1) is 6.92 Å². The number of quaternary nitrogens is 2. The highest BCUT2D eigenvalue weighted by Crippen LogP contribution is 2.15. The average Bonchev–Trinajstić information content (AvgIpc) is 2.49. The van der Waals surface area contributed by atoms with E-state index in [-0.39, 0.29) is 6.61 Å². The van der Waals surface area contributed by atoms with Gasteiger partial charge in [-0.15, -0.1) is 0 Å². The Bertz CT molecular complexity index is 420. The molecule has 5 heteroatoms. The van der Waals surface area contributed by atoms with Crippen LogP contribution in [0.5, 0.6) is 5.75 Å². The molecule has 0 aromatic heterocycles. The zero-order valence-corrected chi connectivity index (χ0v) is 12.8. The van der Waals surface area contributed by atoms with Gasteiger partial charge in [-0.2, -0.15) is 0 Å². The van der Waals surface area contributed by atoms with Crippen LogP contribution in [0.1, 0.15) is 5.56 Å². The van der Waals surface area contributed by atoms with Crippen molar-refractivity contribution in [1.82, 2.24) is 0 Å². The Morgan fingerprint density at radius 2 is 1.81 bits per heavy atom. The maximum absolute atomic E-state index is 10.1. The second kappa shape index (κ2) is 8.34. The van der Waals surface area contributed by atoms with Crippen molar-refractivity contribution in [2.24, 2.45) is 0 Å². The number of nitrogens with one attached hydrogen (secondary N) is 2. The van der Waals surface area contributed by atoms with Gasteiger partial charge in [0.05, 0.1) is 6.61 Å². The third-order valence-electron chi connectivity index (χ3n) is 4.18. The van der Waals surface area contributed by atoms with Crippen LogP contribution in [0.3, 0.4) is 0 Å². The van der Waals surface area contributed by atoms with Gasteiger partial charge in [0.15, 0.2) is 0 Å². The van der Waals surface area contributed by atoms with Crippen LogP contribution in [0.25, 0.3) is 0 Å². The summed E-state index contributed by atoms with van der Waals surface area (Å²) in [6.07, 6.45) is -0.431. The quantitative estimate of drug-likeness (QED) is 0.450. The van der Waals surface area contributed by atoms with Gasteiger partial charge in [-0.05, 0) is 18.6 Å². The van der Waals surface area contributed by atoms with Gasteiger partial charge in [0.1, 0.15) is 57.7 Å². The Balaban J connectivity index is 1.68. The number of ether oxygens (including phenoxy) is 1. The zero-order valence-electron chi connectivity index (χ0n) is 12.8. The Kier molecular flexibility index (Phi) is 6.45. The lowest BCUT2D eigenvalue weighted by atomic mass is 10.2. The summed E-state index contributed by atoms with van der Waals surface area (Å²) >= 11 is 0. The summed E-state index contributed by atoms with van der Waals surface area (Å²) in [5.41, 5.74) is 1.10. The Labute approximate surface area is 126 Å². The van der Waals surface area contributed by atoms with Crippen LogP contribution in [0.15, 0.2) is 24.3 Å². The molecule has 0 spiro atoms. The lowest BCUT2D eigenvalue weighted by Gasteiger charge is -2.30. The first-order chi connectivity index (χ1) is 10.2. The van der Waals surface area contributed by atoms with Gasteiger partial charge in [0.2, 0.25) is 0 Å². The molecular weight excluding hydrogens is 268 g/mol. The molecule has 0 aliphatic carbocycles. The lowest BCUT2D eigenvalue weighted by Crippen LogP contribution is -3.28. The monoisotopic (exact) mass is 296 g/mol. The number of benzene rings is 1. The molecule has 1 aliphatic rings. The van der Waals surface area contributed by atoms with E-state index in [1.54, 1.807) is 0 Å². The van der Waals surface area contributed by atoms with Gasteiger partial charge in [-0.3, -0.25) is 0 Å². The van der Waals surface area contributed by atoms with Crippen LogP contribution >= 0.6 is 0 Å². The number of piperazine rings is 1. The highest BCUT2D eigenvalue weighted by Gasteiger charge is 2.24. The highest BCUT2D eigenvalue weighted by atomic mass is 16.5. The smallest absolute Gasteiger partial charge is 0.137 e. The second-order valence-corrected chi connectivity index (χ2v) is 5.91. The maximum Gasteiger partial charge on any atom is 0.137 e. The molecule has 0 radical (unpaired) electrons. The second-order valence-electron chi connectivity index (χ2n) is 5.91. The molecule has 0 unspecified atom stereocenters. The minimum atomic E-state index is -0.431. The Hall–Kier alpha value is -1.14. The minimum Gasteiger partial charge on any atom is -0.490 e. The fourth-order valence-electron chi connectivity index (χ4n) is 2.87. The largest absolute Gasteiger partial charge is 0.490 e. The predicted molar refractivity (Wildman–Crippen MR) is 80.9 cm³/mol. The summed E-state index contributed by atoms with van der Waals surface area (Å²) in [6, 6.07) is 7.88. The SMILES string of the molecule is Cc1ccccc1OC[C@H](O)C[NH+]1CC[NH+](CCO)CC1. The highest BCUT2D eigenvalue weighted by molar-refractivity contribution is 5.31. The lowest BCUT2D eigenvalue weighted by molar-refractivity contribution is -1.01. The average molecular weight is 296 g/mol. The van der Waals surface area contributed by atoms with E-state index in [4.69, 9.17) is 9.84 Å². The molecule has 0 saturated carbocycles. The molecule has 0 amide bonds. The van der Waals surface area contributed by atoms with Gasteiger partial charge in [0.25, 0.3) is 0 Å². The minimum absolute atomic E-state index is 0.261. The van der Waals surface area contributed by atoms with E-state index in [0.717, 1.165) is 50.6 Å². The van der Waals surface area contributed by atoms with Crippen molar-refractivity contribution < 1.29 is 24.7 Å². The molecular formula is C16H28N2O3+2. The molecule has 1 atom stereocenters. The van der Waals surface area contributed by atoms with E-state index in [1.807, 2.05) is 31.2 Å². The first kappa shape index (κ1) is 16.2. The topological polar surface area (TPSA) is 58.6 Å². The van der Waals surface area contributed by atoms with Crippen molar-refractivity contribution >= 4 is 0 Å². The molecule has 1 aromatic rings. The summed E-state index contributed by atoms with van der Waals surface area (Å²) in [6.45, 7) is 8.44. The molecule has 1 saturated heterocycles. The van der Waals surface area contributed by atoms with Crippen molar-refractivity contribution in [1.29, 1.82) is 0 Å². The van der Waals surface area contributed by atoms with E-state index >= 15 is 0 Å². The van der Waals surface area contributed by atoms with Crippen molar-refractivity contribution in [3.05, 3.63) is 29.8 Å². The first-order valence-corrected chi connectivity index (χ1v) is 7.83. The van der Waals surface area contributed by atoms with E-state index < -0.39 is 6.10 Å². The zero-order chi connectivity index (χ0) is 15.1. The fraction of sp³-hybridized carbons (Fsp3) is 0.625. The Morgan fingerprint density at radius 1 is 1.14 bits per heavy atom. The number of para-hydroxylation sites is 1. The van der Waals surface area contributed by atoms with Gasteiger partial charge < -0.3 is 24.7 Å². The number of rotatable bonds is 7. The van der Waals surface area contributed by atoms with Crippen LogP contribution in [-0.2, 0) is 0 Å². The maximum atomic E-state index is 10.1. The molecule has 118 valence electrons. The third kappa shape index (κ3) is 5.28. The number of aryl methyl sites for hydroxylation is 1. The molecule has 2 rings (SSSR count). The van der Waals surface area contributed by atoms with Gasteiger partial charge in [-0.1, -0.05) is 18.2 Å². The number of aliphatic hydroxyl groups excluding tert-OH is 2. The summed E-state index contributed by atoms with van der Waals surface area (Å²) < 4.78 is 5.70. The van der Waals surface area contributed by atoms with E-state index in [9.17, 15) is 5.11 Å². The molecule has 21 heavy (non-hydrogen) atoms. The molecule has 4 N–H and O–H groups in total. The van der Waals surface area contributed by atoms with Crippen LogP contribution in [0.4, 0.5) is 0 Å². The van der Waals surface area contributed by atoms with Crippen molar-refractivity contribution in [3.63, 3.8) is 0 Å². The molecule has 1 heterocycles. The van der Waals surface area contributed by atoms with Crippen LogP contribution < -0.4 is 14.5 Å². The van der Waals surface area contributed by atoms with Crippen molar-refractivity contribution in [3.8, 4) is 5.75 Å².